The summed E-state index contributed by atoms with van der Waals surface area (Å²) in [5.41, 5.74) is 4.99. The van der Waals surface area contributed by atoms with Crippen molar-refractivity contribution in [2.24, 2.45) is 0 Å². The van der Waals surface area contributed by atoms with Crippen LogP contribution in [0.5, 0.6) is 0 Å². The molecule has 2 heterocycles. The van der Waals surface area contributed by atoms with Crippen LogP contribution in [0.2, 0.25) is 0 Å². The molecule has 0 radical (unpaired) electrons. The third-order valence-corrected chi connectivity index (χ3v) is 4.34. The second-order valence-corrected chi connectivity index (χ2v) is 5.94. The number of aromatic nitrogens is 2. The first-order chi connectivity index (χ1) is 10.7. The van der Waals surface area contributed by atoms with Crippen LogP contribution in [0.1, 0.15) is 16.3 Å². The van der Waals surface area contributed by atoms with Gasteiger partial charge in [-0.05, 0) is 30.5 Å². The summed E-state index contributed by atoms with van der Waals surface area (Å²) in [6.45, 7) is 2.54. The van der Waals surface area contributed by atoms with Crippen molar-refractivity contribution in [3.05, 3.63) is 58.2 Å². The number of H-pyrrole nitrogens is 1. The smallest absolute Gasteiger partial charge is 0.244 e. The number of nitrogens with zero attached hydrogens (tertiary/aromatic N) is 1. The molecule has 1 amide bonds. The van der Waals surface area contributed by atoms with Gasteiger partial charge in [0, 0.05) is 35.1 Å². The van der Waals surface area contributed by atoms with E-state index in [-0.39, 0.29) is 5.91 Å². The predicted octanol–water partition coefficient (Wildman–Crippen LogP) is 3.30. The van der Waals surface area contributed by atoms with E-state index in [0.29, 0.717) is 6.54 Å². The third-order valence-electron chi connectivity index (χ3n) is 3.45. The van der Waals surface area contributed by atoms with Crippen LogP contribution < -0.4 is 5.32 Å². The van der Waals surface area contributed by atoms with E-state index in [1.165, 1.54) is 16.7 Å². The topological polar surface area (TPSA) is 57.8 Å². The second-order valence-electron chi connectivity index (χ2n) is 5.06. The molecule has 22 heavy (non-hydrogen) atoms. The SMILES string of the molecule is Cc1ncsc1/C=C/C(=O)NCCc1cc2ccccc2[nH]1. The molecule has 0 aliphatic heterocycles. The van der Waals surface area contributed by atoms with Crippen molar-refractivity contribution in [1.82, 2.24) is 15.3 Å². The van der Waals surface area contributed by atoms with E-state index in [4.69, 9.17) is 0 Å². The van der Waals surface area contributed by atoms with Gasteiger partial charge in [0.25, 0.3) is 0 Å². The highest BCUT2D eigenvalue weighted by atomic mass is 32.1. The van der Waals surface area contributed by atoms with Gasteiger partial charge >= 0.3 is 0 Å². The van der Waals surface area contributed by atoms with Gasteiger partial charge < -0.3 is 10.3 Å². The second kappa shape index (κ2) is 6.58. The summed E-state index contributed by atoms with van der Waals surface area (Å²) in [5.74, 6) is -0.0797. The molecule has 0 saturated carbocycles. The molecule has 0 unspecified atom stereocenters. The Bertz CT molecular complexity index is 783. The monoisotopic (exact) mass is 311 g/mol. The number of nitrogens with one attached hydrogen (secondary N) is 2. The normalized spacial score (nSPS) is 11.3. The van der Waals surface area contributed by atoms with Gasteiger partial charge in [0.15, 0.2) is 0 Å². The lowest BCUT2D eigenvalue weighted by Crippen LogP contribution is -2.23. The Balaban J connectivity index is 1.51. The number of hydrogen-bond acceptors (Lipinski definition) is 3. The Kier molecular flexibility index (Phi) is 4.34. The van der Waals surface area contributed by atoms with E-state index in [9.17, 15) is 4.79 Å². The van der Waals surface area contributed by atoms with Crippen LogP contribution in [0.25, 0.3) is 17.0 Å². The number of fused-ring (bicyclic) bond motifs is 1. The minimum absolute atomic E-state index is 0.0797. The summed E-state index contributed by atoms with van der Waals surface area (Å²) in [6.07, 6.45) is 4.16. The van der Waals surface area contributed by atoms with Gasteiger partial charge in [-0.3, -0.25) is 4.79 Å². The van der Waals surface area contributed by atoms with Crippen LogP contribution in [0.3, 0.4) is 0 Å². The van der Waals surface area contributed by atoms with E-state index in [2.05, 4.69) is 33.5 Å². The van der Waals surface area contributed by atoms with Gasteiger partial charge in [0.05, 0.1) is 11.2 Å². The first-order valence-electron chi connectivity index (χ1n) is 7.15. The van der Waals surface area contributed by atoms with Crippen molar-refractivity contribution in [3.63, 3.8) is 0 Å². The summed E-state index contributed by atoms with van der Waals surface area (Å²) in [7, 11) is 0. The van der Waals surface area contributed by atoms with Crippen molar-refractivity contribution in [3.8, 4) is 0 Å². The van der Waals surface area contributed by atoms with Gasteiger partial charge in [-0.15, -0.1) is 11.3 Å². The predicted molar refractivity (Wildman–Crippen MR) is 90.9 cm³/mol. The minimum atomic E-state index is -0.0797. The number of para-hydroxylation sites is 1. The largest absolute Gasteiger partial charge is 0.358 e. The average Bonchev–Trinajstić information content (AvgIpc) is 3.10. The maximum absolute atomic E-state index is 11.8. The number of aromatic amines is 1. The van der Waals surface area contributed by atoms with Crippen LogP contribution in [0.15, 0.2) is 41.9 Å². The molecule has 3 rings (SSSR count). The Labute approximate surface area is 132 Å². The number of benzene rings is 1. The van der Waals surface area contributed by atoms with E-state index < -0.39 is 0 Å². The molecule has 0 saturated heterocycles. The molecule has 2 aromatic heterocycles. The quantitative estimate of drug-likeness (QED) is 0.710. The fourth-order valence-corrected chi connectivity index (χ4v) is 2.96. The summed E-state index contributed by atoms with van der Waals surface area (Å²) in [6, 6.07) is 10.3. The minimum Gasteiger partial charge on any atom is -0.358 e. The highest BCUT2D eigenvalue weighted by Crippen LogP contribution is 2.15. The Morgan fingerprint density at radius 2 is 2.27 bits per heavy atom. The van der Waals surface area contributed by atoms with Crippen molar-refractivity contribution in [2.75, 3.05) is 6.54 Å². The number of rotatable bonds is 5. The number of thiazole rings is 1. The number of aryl methyl sites for hydroxylation is 1. The van der Waals surface area contributed by atoms with Crippen LogP contribution >= 0.6 is 11.3 Å². The standard InChI is InChI=1S/C17H17N3OS/c1-12-16(22-11-19-12)6-7-17(21)18-9-8-14-10-13-4-2-3-5-15(13)20-14/h2-7,10-11,20H,8-9H2,1H3,(H,18,21)/b7-6+. The Morgan fingerprint density at radius 3 is 3.05 bits per heavy atom. The van der Waals surface area contributed by atoms with Gasteiger partial charge in [-0.25, -0.2) is 4.98 Å². The van der Waals surface area contributed by atoms with Crippen LogP contribution in [0.4, 0.5) is 0 Å². The molecule has 0 atom stereocenters. The van der Waals surface area contributed by atoms with Crippen LogP contribution in [0, 0.1) is 6.92 Å². The molecular weight excluding hydrogens is 294 g/mol. The van der Waals surface area contributed by atoms with Gasteiger partial charge in [-0.2, -0.15) is 0 Å². The molecular formula is C17H17N3OS. The van der Waals surface area contributed by atoms with E-state index >= 15 is 0 Å². The van der Waals surface area contributed by atoms with E-state index in [1.54, 1.807) is 11.6 Å². The lowest BCUT2D eigenvalue weighted by atomic mass is 10.2. The lowest BCUT2D eigenvalue weighted by Gasteiger charge is -2.00. The molecule has 0 spiro atoms. The lowest BCUT2D eigenvalue weighted by molar-refractivity contribution is -0.116. The van der Waals surface area contributed by atoms with Gasteiger partial charge in [-0.1, -0.05) is 18.2 Å². The third kappa shape index (κ3) is 3.43. The number of amides is 1. The van der Waals surface area contributed by atoms with Crippen LogP contribution in [-0.4, -0.2) is 22.4 Å². The summed E-state index contributed by atoms with van der Waals surface area (Å²) in [5, 5.41) is 4.09. The van der Waals surface area contributed by atoms with E-state index in [1.807, 2.05) is 25.1 Å². The highest BCUT2D eigenvalue weighted by molar-refractivity contribution is 7.10. The molecule has 0 bridgehead atoms. The summed E-state index contributed by atoms with van der Waals surface area (Å²) < 4.78 is 0. The van der Waals surface area contributed by atoms with Crippen molar-refractivity contribution < 1.29 is 4.79 Å². The summed E-state index contributed by atoms with van der Waals surface area (Å²) >= 11 is 1.53. The van der Waals surface area contributed by atoms with E-state index in [0.717, 1.165) is 28.2 Å². The maximum Gasteiger partial charge on any atom is 0.244 e. The zero-order valence-corrected chi connectivity index (χ0v) is 13.1. The molecule has 1 aromatic carbocycles. The Morgan fingerprint density at radius 1 is 1.41 bits per heavy atom. The van der Waals surface area contributed by atoms with Crippen molar-refractivity contribution in [2.45, 2.75) is 13.3 Å². The average molecular weight is 311 g/mol. The zero-order chi connectivity index (χ0) is 15.4. The first kappa shape index (κ1) is 14.5. The first-order valence-corrected chi connectivity index (χ1v) is 8.03. The number of carbonyl (C=O) groups excluding carboxylic acids is 1. The summed E-state index contributed by atoms with van der Waals surface area (Å²) in [4.78, 5) is 20.3. The molecule has 0 aliphatic carbocycles. The molecule has 5 heteroatoms. The molecule has 0 fully saturated rings. The molecule has 2 N–H and O–H groups in total. The van der Waals surface area contributed by atoms with Gasteiger partial charge in [0.1, 0.15) is 0 Å². The molecule has 112 valence electrons. The molecule has 4 nitrogen and oxygen atoms in total. The molecule has 0 aliphatic rings. The number of hydrogen-bond donors (Lipinski definition) is 2. The Hall–Kier alpha value is -2.40. The van der Waals surface area contributed by atoms with Crippen LogP contribution in [-0.2, 0) is 11.2 Å². The fraction of sp³-hybridized carbons (Fsp3) is 0.176. The molecule has 3 aromatic rings. The van der Waals surface area contributed by atoms with Crippen molar-refractivity contribution >= 4 is 34.2 Å². The highest BCUT2D eigenvalue weighted by Gasteiger charge is 2.02. The fourth-order valence-electron chi connectivity index (χ4n) is 2.27. The maximum atomic E-state index is 11.8. The number of carbonyl (C=O) groups is 1. The van der Waals surface area contributed by atoms with Gasteiger partial charge in [0.2, 0.25) is 5.91 Å². The van der Waals surface area contributed by atoms with Crippen molar-refractivity contribution in [1.29, 1.82) is 0 Å². The zero-order valence-electron chi connectivity index (χ0n) is 12.3.